The molecule has 0 radical (unpaired) electrons. The standard InChI is InChI=1S/C18H19F3N2O2/c1-23(11-13-6-4-3-5-7-13)16-9-8-14(18(19,20)21)10-15(16)22-17(24)12-25-2/h3-10H,11-12H2,1-2H3,(H,22,24). The Morgan fingerprint density at radius 1 is 1.16 bits per heavy atom. The first-order chi connectivity index (χ1) is 11.8. The molecule has 0 spiro atoms. The lowest BCUT2D eigenvalue weighted by molar-refractivity contribution is -0.137. The van der Waals surface area contributed by atoms with Gasteiger partial charge in [-0.05, 0) is 23.8 Å². The van der Waals surface area contributed by atoms with Gasteiger partial charge in [0.05, 0.1) is 16.9 Å². The summed E-state index contributed by atoms with van der Waals surface area (Å²) in [4.78, 5) is 13.5. The number of hydrogen-bond acceptors (Lipinski definition) is 3. The Bertz CT molecular complexity index is 718. The number of hydrogen-bond donors (Lipinski definition) is 1. The van der Waals surface area contributed by atoms with E-state index in [4.69, 9.17) is 4.74 Å². The fraction of sp³-hybridized carbons (Fsp3) is 0.278. The molecule has 0 fully saturated rings. The van der Waals surface area contributed by atoms with Gasteiger partial charge < -0.3 is 15.0 Å². The third kappa shape index (κ3) is 5.22. The molecule has 0 unspecified atom stereocenters. The van der Waals surface area contributed by atoms with Crippen LogP contribution in [0.25, 0.3) is 0 Å². The van der Waals surface area contributed by atoms with Gasteiger partial charge in [0.15, 0.2) is 0 Å². The number of carbonyl (C=O) groups is 1. The Balaban J connectivity index is 2.32. The van der Waals surface area contributed by atoms with Gasteiger partial charge >= 0.3 is 6.18 Å². The molecule has 1 N–H and O–H groups in total. The van der Waals surface area contributed by atoms with Crippen LogP contribution in [0.15, 0.2) is 48.5 Å². The first-order valence-electron chi connectivity index (χ1n) is 7.56. The zero-order valence-corrected chi connectivity index (χ0v) is 13.9. The van der Waals surface area contributed by atoms with Crippen molar-refractivity contribution in [3.8, 4) is 0 Å². The van der Waals surface area contributed by atoms with Crippen LogP contribution in [-0.4, -0.2) is 26.7 Å². The quantitative estimate of drug-likeness (QED) is 0.857. The number of ether oxygens (including phenoxy) is 1. The maximum atomic E-state index is 13.0. The largest absolute Gasteiger partial charge is 0.416 e. The van der Waals surface area contributed by atoms with E-state index in [1.165, 1.54) is 13.2 Å². The minimum Gasteiger partial charge on any atom is -0.375 e. The second-order valence-electron chi connectivity index (χ2n) is 5.55. The molecule has 2 aromatic rings. The summed E-state index contributed by atoms with van der Waals surface area (Å²) in [5, 5.41) is 2.49. The van der Waals surface area contributed by atoms with Gasteiger partial charge in [0.1, 0.15) is 6.61 Å². The lowest BCUT2D eigenvalue weighted by Gasteiger charge is -2.24. The van der Waals surface area contributed by atoms with E-state index in [1.54, 1.807) is 11.9 Å². The highest BCUT2D eigenvalue weighted by Crippen LogP contribution is 2.35. The number of carbonyl (C=O) groups excluding carboxylic acids is 1. The van der Waals surface area contributed by atoms with Crippen molar-refractivity contribution < 1.29 is 22.7 Å². The molecule has 7 heteroatoms. The smallest absolute Gasteiger partial charge is 0.375 e. The zero-order chi connectivity index (χ0) is 18.4. The van der Waals surface area contributed by atoms with E-state index >= 15 is 0 Å². The first kappa shape index (κ1) is 18.8. The summed E-state index contributed by atoms with van der Waals surface area (Å²) in [6, 6.07) is 12.8. The molecule has 0 atom stereocenters. The summed E-state index contributed by atoms with van der Waals surface area (Å²) < 4.78 is 43.7. The van der Waals surface area contributed by atoms with E-state index in [9.17, 15) is 18.0 Å². The molecule has 0 aliphatic carbocycles. The van der Waals surface area contributed by atoms with Crippen molar-refractivity contribution >= 4 is 17.3 Å². The van der Waals surface area contributed by atoms with Gasteiger partial charge in [-0.2, -0.15) is 13.2 Å². The molecule has 4 nitrogen and oxygen atoms in total. The van der Waals surface area contributed by atoms with E-state index in [1.807, 2.05) is 30.3 Å². The van der Waals surface area contributed by atoms with Crippen molar-refractivity contribution in [2.24, 2.45) is 0 Å². The van der Waals surface area contributed by atoms with Crippen LogP contribution >= 0.6 is 0 Å². The van der Waals surface area contributed by atoms with E-state index in [0.29, 0.717) is 12.2 Å². The van der Waals surface area contributed by atoms with Gasteiger partial charge in [-0.3, -0.25) is 4.79 Å². The number of anilines is 2. The number of nitrogens with one attached hydrogen (secondary N) is 1. The lowest BCUT2D eigenvalue weighted by Crippen LogP contribution is -2.22. The topological polar surface area (TPSA) is 41.6 Å². The summed E-state index contributed by atoms with van der Waals surface area (Å²) in [6.45, 7) is 0.247. The number of alkyl halides is 3. The first-order valence-corrected chi connectivity index (χ1v) is 7.56. The van der Waals surface area contributed by atoms with Crippen LogP contribution in [0.2, 0.25) is 0 Å². The molecule has 0 aromatic heterocycles. The average Bonchev–Trinajstić information content (AvgIpc) is 2.55. The Kier molecular flexibility index (Phi) is 6.03. The van der Waals surface area contributed by atoms with Crippen molar-refractivity contribution in [2.75, 3.05) is 31.0 Å². The van der Waals surface area contributed by atoms with Crippen LogP contribution < -0.4 is 10.2 Å². The fourth-order valence-corrected chi connectivity index (χ4v) is 2.41. The minimum atomic E-state index is -4.49. The van der Waals surface area contributed by atoms with Crippen molar-refractivity contribution in [1.29, 1.82) is 0 Å². The van der Waals surface area contributed by atoms with Crippen molar-refractivity contribution in [1.82, 2.24) is 0 Å². The number of benzene rings is 2. The highest BCUT2D eigenvalue weighted by atomic mass is 19.4. The second-order valence-corrected chi connectivity index (χ2v) is 5.55. The minimum absolute atomic E-state index is 0.0929. The molecule has 0 saturated heterocycles. The molecular formula is C18H19F3N2O2. The Labute approximate surface area is 144 Å². The number of amides is 1. The molecule has 134 valence electrons. The Hall–Kier alpha value is -2.54. The molecule has 0 aliphatic heterocycles. The van der Waals surface area contributed by atoms with Crippen LogP contribution in [0.4, 0.5) is 24.5 Å². The number of halogens is 3. The van der Waals surface area contributed by atoms with Crippen molar-refractivity contribution in [3.05, 3.63) is 59.7 Å². The van der Waals surface area contributed by atoms with Gasteiger partial charge in [0, 0.05) is 20.7 Å². The molecule has 0 heterocycles. The van der Waals surface area contributed by atoms with Crippen LogP contribution in [0.1, 0.15) is 11.1 Å². The molecule has 0 bridgehead atoms. The zero-order valence-electron chi connectivity index (χ0n) is 13.9. The number of nitrogens with zero attached hydrogens (tertiary/aromatic N) is 1. The second kappa shape index (κ2) is 8.02. The molecule has 2 rings (SSSR count). The number of methoxy groups -OCH3 is 1. The molecule has 1 amide bonds. The third-order valence-electron chi connectivity index (χ3n) is 3.55. The van der Waals surface area contributed by atoms with Crippen LogP contribution in [-0.2, 0) is 22.3 Å². The molecular weight excluding hydrogens is 333 g/mol. The Morgan fingerprint density at radius 2 is 1.84 bits per heavy atom. The molecule has 25 heavy (non-hydrogen) atoms. The van der Waals surface area contributed by atoms with E-state index in [-0.39, 0.29) is 12.3 Å². The molecule has 2 aromatic carbocycles. The predicted octanol–water partition coefficient (Wildman–Crippen LogP) is 3.93. The molecule has 0 aliphatic rings. The summed E-state index contributed by atoms with van der Waals surface area (Å²) in [7, 11) is 3.09. The van der Waals surface area contributed by atoms with Crippen LogP contribution in [0.3, 0.4) is 0 Å². The SMILES string of the molecule is COCC(=O)Nc1cc(C(F)(F)F)ccc1N(C)Cc1ccccc1. The summed E-state index contributed by atoms with van der Waals surface area (Å²) in [5.74, 6) is -0.517. The van der Waals surface area contributed by atoms with Crippen LogP contribution in [0, 0.1) is 0 Å². The van der Waals surface area contributed by atoms with Crippen LogP contribution in [0.5, 0.6) is 0 Å². The number of rotatable bonds is 6. The monoisotopic (exact) mass is 352 g/mol. The highest BCUT2D eigenvalue weighted by Gasteiger charge is 2.31. The van der Waals surface area contributed by atoms with E-state index in [2.05, 4.69) is 5.32 Å². The van der Waals surface area contributed by atoms with E-state index < -0.39 is 17.6 Å². The van der Waals surface area contributed by atoms with Crippen molar-refractivity contribution in [3.63, 3.8) is 0 Å². The Morgan fingerprint density at radius 3 is 2.44 bits per heavy atom. The lowest BCUT2D eigenvalue weighted by atomic mass is 10.1. The maximum absolute atomic E-state index is 13.0. The van der Waals surface area contributed by atoms with Crippen molar-refractivity contribution in [2.45, 2.75) is 12.7 Å². The summed E-state index contributed by atoms with van der Waals surface area (Å²) in [5.41, 5.74) is 0.757. The average molecular weight is 352 g/mol. The highest BCUT2D eigenvalue weighted by molar-refractivity contribution is 5.95. The maximum Gasteiger partial charge on any atom is 0.416 e. The third-order valence-corrected chi connectivity index (χ3v) is 3.55. The van der Waals surface area contributed by atoms with Gasteiger partial charge in [-0.1, -0.05) is 30.3 Å². The predicted molar refractivity (Wildman–Crippen MR) is 90.5 cm³/mol. The van der Waals surface area contributed by atoms with Gasteiger partial charge in [0.25, 0.3) is 0 Å². The molecule has 0 saturated carbocycles. The van der Waals surface area contributed by atoms with E-state index in [0.717, 1.165) is 17.7 Å². The summed E-state index contributed by atoms with van der Waals surface area (Å²) in [6.07, 6.45) is -4.49. The normalized spacial score (nSPS) is 11.2. The summed E-state index contributed by atoms with van der Waals surface area (Å²) >= 11 is 0. The van der Waals surface area contributed by atoms with Gasteiger partial charge in [0.2, 0.25) is 5.91 Å². The fourth-order valence-electron chi connectivity index (χ4n) is 2.41. The van der Waals surface area contributed by atoms with Gasteiger partial charge in [-0.25, -0.2) is 0 Å². The van der Waals surface area contributed by atoms with Gasteiger partial charge in [-0.15, -0.1) is 0 Å².